The summed E-state index contributed by atoms with van der Waals surface area (Å²) in [6.45, 7) is 3.75. The molecule has 3 aromatic rings. The van der Waals surface area contributed by atoms with Crippen molar-refractivity contribution in [2.24, 2.45) is 0 Å². The maximum absolute atomic E-state index is 13.0. The molecule has 2 amide bonds. The average Bonchev–Trinajstić information content (AvgIpc) is 2.99. The molecule has 7 nitrogen and oxygen atoms in total. The number of imide groups is 1. The number of hydrogen-bond acceptors (Lipinski definition) is 6. The minimum atomic E-state index is -0.654. The van der Waals surface area contributed by atoms with Crippen molar-refractivity contribution in [3.05, 3.63) is 93.1 Å². The van der Waals surface area contributed by atoms with Crippen LogP contribution < -0.4 is 15.0 Å². The molecule has 1 aliphatic rings. The number of benzene rings is 3. The van der Waals surface area contributed by atoms with Crippen LogP contribution in [0.3, 0.4) is 0 Å². The molecular weight excluding hydrogens is 479 g/mol. The van der Waals surface area contributed by atoms with E-state index in [4.69, 9.17) is 27.9 Å². The van der Waals surface area contributed by atoms with Crippen molar-refractivity contribution >= 4 is 52.4 Å². The molecule has 1 heterocycles. The number of hydrogen-bond donors (Lipinski definition) is 2. The van der Waals surface area contributed by atoms with Gasteiger partial charge in [0, 0.05) is 11.8 Å². The van der Waals surface area contributed by atoms with E-state index >= 15 is 0 Å². The fraction of sp³-hybridized carbons (Fsp3) is 0.0800. The summed E-state index contributed by atoms with van der Waals surface area (Å²) in [5, 5.41) is 12.4. The van der Waals surface area contributed by atoms with Crippen molar-refractivity contribution in [1.82, 2.24) is 0 Å². The second kappa shape index (κ2) is 9.21. The Labute approximate surface area is 205 Å². The van der Waals surface area contributed by atoms with Crippen LogP contribution in [0.25, 0.3) is 0 Å². The minimum Gasteiger partial charge on any atom is -0.506 e. The molecule has 0 spiro atoms. The van der Waals surface area contributed by atoms with Crippen LogP contribution in [0, 0.1) is 13.8 Å². The number of carbonyl (C=O) groups excluding carboxylic acids is 3. The third-order valence-electron chi connectivity index (χ3n) is 5.01. The Morgan fingerprint density at radius 1 is 0.912 bits per heavy atom. The van der Waals surface area contributed by atoms with Crippen molar-refractivity contribution in [3.8, 4) is 11.5 Å². The number of carbonyl (C=O) groups is 3. The zero-order valence-electron chi connectivity index (χ0n) is 18.1. The predicted molar refractivity (Wildman–Crippen MR) is 129 cm³/mol. The third-order valence-corrected chi connectivity index (χ3v) is 5.68. The Bertz CT molecular complexity index is 1350. The van der Waals surface area contributed by atoms with Crippen LogP contribution in [0.15, 0.2) is 71.4 Å². The molecule has 2 N–H and O–H groups in total. The number of ether oxygens (including phenoxy) is 1. The van der Waals surface area contributed by atoms with E-state index in [1.807, 2.05) is 19.9 Å². The summed E-state index contributed by atoms with van der Waals surface area (Å²) >= 11 is 11.9. The zero-order valence-corrected chi connectivity index (χ0v) is 19.6. The summed E-state index contributed by atoms with van der Waals surface area (Å²) in [6, 6.07) is 15.6. The molecule has 3 aromatic carbocycles. The highest BCUT2D eigenvalue weighted by Gasteiger charge is 2.39. The van der Waals surface area contributed by atoms with E-state index in [9.17, 15) is 19.5 Å². The van der Waals surface area contributed by atoms with E-state index in [1.54, 1.807) is 24.3 Å². The fourth-order valence-electron chi connectivity index (χ4n) is 3.48. The Hall–Kier alpha value is -3.81. The van der Waals surface area contributed by atoms with Crippen LogP contribution in [0.1, 0.15) is 21.5 Å². The van der Waals surface area contributed by atoms with Crippen molar-refractivity contribution in [1.29, 1.82) is 0 Å². The first-order valence-corrected chi connectivity index (χ1v) is 10.8. The molecule has 0 aromatic heterocycles. The lowest BCUT2D eigenvalue weighted by molar-refractivity contribution is -0.120. The first-order valence-electron chi connectivity index (χ1n) is 10.1. The number of phenolic OH excluding ortho intramolecular Hbond substituents is 1. The topological polar surface area (TPSA) is 95.9 Å². The number of esters is 1. The number of amides is 2. The number of phenols is 1. The number of nitrogens with one attached hydrogen (secondary N) is 1. The summed E-state index contributed by atoms with van der Waals surface area (Å²) in [4.78, 5) is 39.1. The quantitative estimate of drug-likeness (QED) is 0.282. The summed E-state index contributed by atoms with van der Waals surface area (Å²) in [5.74, 6) is -1.93. The predicted octanol–water partition coefficient (Wildman–Crippen LogP) is 5.32. The van der Waals surface area contributed by atoms with E-state index in [2.05, 4.69) is 5.32 Å². The van der Waals surface area contributed by atoms with Crippen molar-refractivity contribution in [3.63, 3.8) is 0 Å². The second-order valence-corrected chi connectivity index (χ2v) is 8.47. The second-order valence-electron chi connectivity index (χ2n) is 7.69. The first-order chi connectivity index (χ1) is 16.1. The molecule has 0 unspecified atom stereocenters. The number of nitrogens with zero attached hydrogens (tertiary/aromatic N) is 1. The smallest absolute Gasteiger partial charge is 0.343 e. The SMILES string of the molecule is Cc1cc(C)cc(N2C(=O)C(Cl)=C(Nc3ccc(C(=O)Oc4ccc(Cl)c(O)c4)cc3)C2=O)c1. The van der Waals surface area contributed by atoms with Gasteiger partial charge in [-0.15, -0.1) is 0 Å². The van der Waals surface area contributed by atoms with Crippen LogP contribution >= 0.6 is 23.2 Å². The van der Waals surface area contributed by atoms with Crippen molar-refractivity contribution in [2.45, 2.75) is 13.8 Å². The van der Waals surface area contributed by atoms with Crippen LogP contribution in [0.5, 0.6) is 11.5 Å². The van der Waals surface area contributed by atoms with Gasteiger partial charge in [-0.1, -0.05) is 29.3 Å². The molecule has 0 fully saturated rings. The van der Waals surface area contributed by atoms with Gasteiger partial charge >= 0.3 is 5.97 Å². The molecule has 34 heavy (non-hydrogen) atoms. The minimum absolute atomic E-state index is 0.0576. The summed E-state index contributed by atoms with van der Waals surface area (Å²) in [6.07, 6.45) is 0. The summed E-state index contributed by atoms with van der Waals surface area (Å²) in [7, 11) is 0. The Morgan fingerprint density at radius 2 is 1.56 bits per heavy atom. The molecule has 1 aliphatic heterocycles. The zero-order chi connectivity index (χ0) is 24.6. The highest BCUT2D eigenvalue weighted by molar-refractivity contribution is 6.53. The lowest BCUT2D eigenvalue weighted by Gasteiger charge is -2.16. The normalized spacial score (nSPS) is 13.5. The van der Waals surface area contributed by atoms with Gasteiger partial charge in [0.25, 0.3) is 11.8 Å². The van der Waals surface area contributed by atoms with Crippen LogP contribution in [-0.4, -0.2) is 22.9 Å². The largest absolute Gasteiger partial charge is 0.506 e. The molecule has 9 heteroatoms. The summed E-state index contributed by atoms with van der Waals surface area (Å²) in [5.41, 5.74) is 2.86. The first kappa shape index (κ1) is 23.4. The van der Waals surface area contributed by atoms with Gasteiger partial charge in [0.1, 0.15) is 22.2 Å². The van der Waals surface area contributed by atoms with E-state index in [-0.39, 0.29) is 32.8 Å². The maximum Gasteiger partial charge on any atom is 0.343 e. The molecule has 0 saturated heterocycles. The van der Waals surface area contributed by atoms with E-state index < -0.39 is 17.8 Å². The monoisotopic (exact) mass is 496 g/mol. The molecule has 0 aliphatic carbocycles. The number of aromatic hydroxyl groups is 1. The van der Waals surface area contributed by atoms with Gasteiger partial charge in [-0.2, -0.15) is 0 Å². The molecular formula is C25H18Cl2N2O5. The van der Waals surface area contributed by atoms with Gasteiger partial charge in [-0.05, 0) is 73.5 Å². The van der Waals surface area contributed by atoms with Crippen LogP contribution in [0.4, 0.5) is 11.4 Å². The van der Waals surface area contributed by atoms with Gasteiger partial charge in [0.05, 0.1) is 16.3 Å². The molecule has 0 bridgehead atoms. The summed E-state index contributed by atoms with van der Waals surface area (Å²) < 4.78 is 5.23. The molecule has 4 rings (SSSR count). The number of anilines is 2. The Balaban J connectivity index is 1.49. The average molecular weight is 497 g/mol. The van der Waals surface area contributed by atoms with E-state index in [1.165, 1.54) is 30.3 Å². The number of rotatable bonds is 5. The molecule has 0 saturated carbocycles. The maximum atomic E-state index is 13.0. The van der Waals surface area contributed by atoms with Gasteiger partial charge in [-0.3, -0.25) is 9.59 Å². The molecule has 172 valence electrons. The third kappa shape index (κ3) is 4.62. The number of halogens is 2. The van der Waals surface area contributed by atoms with Crippen molar-refractivity contribution in [2.75, 3.05) is 10.2 Å². The fourth-order valence-corrected chi connectivity index (χ4v) is 3.81. The van der Waals surface area contributed by atoms with Gasteiger partial charge < -0.3 is 15.2 Å². The van der Waals surface area contributed by atoms with Crippen LogP contribution in [-0.2, 0) is 9.59 Å². The Morgan fingerprint density at radius 3 is 2.18 bits per heavy atom. The highest BCUT2D eigenvalue weighted by Crippen LogP contribution is 2.31. The highest BCUT2D eigenvalue weighted by atomic mass is 35.5. The van der Waals surface area contributed by atoms with Gasteiger partial charge in [0.2, 0.25) is 0 Å². The van der Waals surface area contributed by atoms with E-state index in [0.717, 1.165) is 16.0 Å². The van der Waals surface area contributed by atoms with Crippen LogP contribution in [0.2, 0.25) is 5.02 Å². The van der Waals surface area contributed by atoms with E-state index in [0.29, 0.717) is 11.4 Å². The van der Waals surface area contributed by atoms with Gasteiger partial charge in [-0.25, -0.2) is 9.69 Å². The van der Waals surface area contributed by atoms with Gasteiger partial charge in [0.15, 0.2) is 0 Å². The Kier molecular flexibility index (Phi) is 6.32. The van der Waals surface area contributed by atoms with Crippen molar-refractivity contribution < 1.29 is 24.2 Å². The molecule has 0 atom stereocenters. The lowest BCUT2D eigenvalue weighted by atomic mass is 10.1. The lowest BCUT2D eigenvalue weighted by Crippen LogP contribution is -2.32. The molecule has 0 radical (unpaired) electrons. The number of aryl methyl sites for hydroxylation is 2. The standard InChI is InChI=1S/C25H18Cl2N2O5/c1-13-9-14(2)11-17(10-13)29-23(31)21(27)22(24(29)32)28-16-5-3-15(4-6-16)25(33)34-18-7-8-19(26)20(30)12-18/h3-12,28,30H,1-2H3.